The fourth-order valence-electron chi connectivity index (χ4n) is 1.93. The summed E-state index contributed by atoms with van der Waals surface area (Å²) in [7, 11) is 0. The van der Waals surface area contributed by atoms with Gasteiger partial charge < -0.3 is 17.0 Å². The summed E-state index contributed by atoms with van der Waals surface area (Å²) < 4.78 is 4.76. The van der Waals surface area contributed by atoms with Crippen LogP contribution < -0.4 is 21.5 Å². The number of aromatic nitrogens is 1. The number of para-hydroxylation sites is 1. The minimum atomic E-state index is 0. The second-order valence-corrected chi connectivity index (χ2v) is 5.75. The van der Waals surface area contributed by atoms with Crippen LogP contribution >= 0.6 is 27.3 Å². The molecule has 2 aromatic carbocycles. The molecule has 0 aliphatic heterocycles. The van der Waals surface area contributed by atoms with Crippen molar-refractivity contribution in [2.45, 2.75) is 6.54 Å². The third-order valence-corrected chi connectivity index (χ3v) is 4.18. The zero-order valence-electron chi connectivity index (χ0n) is 9.51. The van der Waals surface area contributed by atoms with E-state index in [1.54, 1.807) is 11.3 Å². The summed E-state index contributed by atoms with van der Waals surface area (Å²) in [6.07, 6.45) is 0. The first-order valence-electron chi connectivity index (χ1n) is 5.43. The molecule has 0 spiro atoms. The van der Waals surface area contributed by atoms with Gasteiger partial charge in [0.1, 0.15) is 4.70 Å². The SMILES string of the molecule is Brc1cccc(C[n+]2csc3ccccc32)c1.[Br-]. The maximum atomic E-state index is 3.51. The Morgan fingerprint density at radius 2 is 1.89 bits per heavy atom. The second kappa shape index (κ2) is 5.95. The molecule has 0 radical (unpaired) electrons. The third-order valence-electron chi connectivity index (χ3n) is 2.72. The van der Waals surface area contributed by atoms with Crippen molar-refractivity contribution in [3.63, 3.8) is 0 Å². The molecule has 0 aliphatic carbocycles. The molecule has 92 valence electrons. The van der Waals surface area contributed by atoms with E-state index < -0.39 is 0 Å². The largest absolute Gasteiger partial charge is 1.00 e. The summed E-state index contributed by atoms with van der Waals surface area (Å²) in [5.41, 5.74) is 4.80. The number of hydrogen-bond donors (Lipinski definition) is 0. The van der Waals surface area contributed by atoms with Gasteiger partial charge in [0, 0.05) is 16.1 Å². The smallest absolute Gasteiger partial charge is 0.226 e. The summed E-state index contributed by atoms with van der Waals surface area (Å²) in [6.45, 7) is 0.920. The molecular weight excluding hydrogens is 374 g/mol. The average Bonchev–Trinajstić information content (AvgIpc) is 2.73. The molecule has 1 heterocycles. The molecule has 0 unspecified atom stereocenters. The highest BCUT2D eigenvalue weighted by Crippen LogP contribution is 2.16. The second-order valence-electron chi connectivity index (χ2n) is 3.95. The highest BCUT2D eigenvalue weighted by Gasteiger charge is 2.11. The lowest BCUT2D eigenvalue weighted by molar-refractivity contribution is -0.658. The molecular formula is C14H11Br2NS. The van der Waals surface area contributed by atoms with Crippen LogP contribution in [0.25, 0.3) is 10.2 Å². The van der Waals surface area contributed by atoms with Gasteiger partial charge in [-0.05, 0) is 18.2 Å². The molecule has 1 nitrogen and oxygen atoms in total. The van der Waals surface area contributed by atoms with Gasteiger partial charge in [-0.3, -0.25) is 0 Å². The van der Waals surface area contributed by atoms with Gasteiger partial charge in [0.05, 0.1) is 0 Å². The average molecular weight is 385 g/mol. The van der Waals surface area contributed by atoms with Crippen molar-refractivity contribution < 1.29 is 21.5 Å². The first-order chi connectivity index (χ1) is 8.33. The Morgan fingerprint density at radius 1 is 1.06 bits per heavy atom. The van der Waals surface area contributed by atoms with Crippen molar-refractivity contribution in [2.75, 3.05) is 0 Å². The predicted molar refractivity (Wildman–Crippen MR) is 75.3 cm³/mol. The zero-order chi connectivity index (χ0) is 11.7. The number of nitrogens with zero attached hydrogens (tertiary/aromatic N) is 1. The number of thiazole rings is 1. The van der Waals surface area contributed by atoms with Gasteiger partial charge in [-0.15, -0.1) is 0 Å². The Hall–Kier alpha value is -0.710. The van der Waals surface area contributed by atoms with E-state index in [1.165, 1.54) is 15.8 Å². The van der Waals surface area contributed by atoms with Crippen molar-refractivity contribution >= 4 is 37.5 Å². The molecule has 3 aromatic rings. The Kier molecular flexibility index (Phi) is 4.54. The highest BCUT2D eigenvalue weighted by atomic mass is 79.9. The van der Waals surface area contributed by atoms with E-state index in [-0.39, 0.29) is 17.0 Å². The summed E-state index contributed by atoms with van der Waals surface area (Å²) in [5.74, 6) is 0. The molecule has 0 aliphatic rings. The molecule has 0 atom stereocenters. The number of benzene rings is 2. The van der Waals surface area contributed by atoms with Gasteiger partial charge in [-0.2, -0.15) is 4.57 Å². The summed E-state index contributed by atoms with van der Waals surface area (Å²) in [4.78, 5) is 0. The van der Waals surface area contributed by atoms with Crippen LogP contribution in [-0.2, 0) is 6.54 Å². The topological polar surface area (TPSA) is 3.88 Å². The molecule has 0 saturated carbocycles. The molecule has 0 bridgehead atoms. The molecule has 18 heavy (non-hydrogen) atoms. The molecule has 0 amide bonds. The van der Waals surface area contributed by atoms with Crippen molar-refractivity contribution in [1.82, 2.24) is 0 Å². The van der Waals surface area contributed by atoms with E-state index in [0.29, 0.717) is 0 Å². The number of hydrogen-bond acceptors (Lipinski definition) is 1. The summed E-state index contributed by atoms with van der Waals surface area (Å²) in [6, 6.07) is 17.0. The number of fused-ring (bicyclic) bond motifs is 1. The molecule has 0 saturated heterocycles. The van der Waals surface area contributed by atoms with Gasteiger partial charge in [-0.25, -0.2) is 0 Å². The third kappa shape index (κ3) is 2.82. The van der Waals surface area contributed by atoms with E-state index >= 15 is 0 Å². The van der Waals surface area contributed by atoms with Crippen molar-refractivity contribution in [3.05, 3.63) is 64.1 Å². The fraction of sp³-hybridized carbons (Fsp3) is 0.0714. The first kappa shape index (κ1) is 13.7. The van der Waals surface area contributed by atoms with Crippen LogP contribution in [0.2, 0.25) is 0 Å². The molecule has 4 heteroatoms. The van der Waals surface area contributed by atoms with Crippen molar-refractivity contribution in [2.24, 2.45) is 0 Å². The Balaban J connectivity index is 0.00000120. The number of halogens is 2. The van der Waals surface area contributed by atoms with Gasteiger partial charge in [0.2, 0.25) is 11.0 Å². The van der Waals surface area contributed by atoms with E-state index in [0.717, 1.165) is 11.0 Å². The molecule has 3 rings (SSSR count). The van der Waals surface area contributed by atoms with E-state index in [1.807, 2.05) is 0 Å². The standard InChI is InChI=1S/C14H11BrNS.BrH/c15-12-5-3-4-11(8-12)9-16-10-17-14-7-2-1-6-13(14)16;/h1-8,10H,9H2;1H/q+1;/p-1. The van der Waals surface area contributed by atoms with Crippen LogP contribution in [0.15, 0.2) is 58.5 Å². The van der Waals surface area contributed by atoms with Crippen LogP contribution in [0.1, 0.15) is 5.56 Å². The lowest BCUT2D eigenvalue weighted by Crippen LogP contribution is -3.00. The van der Waals surface area contributed by atoms with Crippen LogP contribution in [0.4, 0.5) is 0 Å². The van der Waals surface area contributed by atoms with E-state index in [4.69, 9.17) is 0 Å². The molecule has 0 fully saturated rings. The van der Waals surface area contributed by atoms with Gasteiger partial charge in [0.25, 0.3) is 0 Å². The van der Waals surface area contributed by atoms with E-state index in [9.17, 15) is 0 Å². The lowest BCUT2D eigenvalue weighted by Gasteiger charge is -1.97. The predicted octanol–water partition coefficient (Wildman–Crippen LogP) is 1.00. The number of rotatable bonds is 2. The maximum absolute atomic E-state index is 3.51. The van der Waals surface area contributed by atoms with Crippen LogP contribution in [0, 0.1) is 0 Å². The fourth-order valence-corrected chi connectivity index (χ4v) is 3.26. The lowest BCUT2D eigenvalue weighted by atomic mass is 10.2. The Bertz CT molecular complexity index is 663. The van der Waals surface area contributed by atoms with E-state index in [2.05, 4.69) is 74.5 Å². The molecule has 0 N–H and O–H groups in total. The minimum Gasteiger partial charge on any atom is -1.00 e. The Labute approximate surface area is 129 Å². The quantitative estimate of drug-likeness (QED) is 0.580. The molecule has 1 aromatic heterocycles. The monoisotopic (exact) mass is 383 g/mol. The van der Waals surface area contributed by atoms with Crippen molar-refractivity contribution in [3.8, 4) is 0 Å². The van der Waals surface area contributed by atoms with Crippen LogP contribution in [-0.4, -0.2) is 0 Å². The van der Waals surface area contributed by atoms with Gasteiger partial charge in [-0.1, -0.05) is 51.5 Å². The van der Waals surface area contributed by atoms with Crippen LogP contribution in [0.3, 0.4) is 0 Å². The highest BCUT2D eigenvalue weighted by molar-refractivity contribution is 9.10. The Morgan fingerprint density at radius 3 is 2.72 bits per heavy atom. The minimum absolute atomic E-state index is 0. The maximum Gasteiger partial charge on any atom is 0.226 e. The van der Waals surface area contributed by atoms with Crippen LogP contribution in [0.5, 0.6) is 0 Å². The first-order valence-corrected chi connectivity index (χ1v) is 7.10. The van der Waals surface area contributed by atoms with Crippen molar-refractivity contribution in [1.29, 1.82) is 0 Å². The zero-order valence-corrected chi connectivity index (χ0v) is 13.5. The summed E-state index contributed by atoms with van der Waals surface area (Å²) in [5, 5.41) is 0. The summed E-state index contributed by atoms with van der Waals surface area (Å²) >= 11 is 5.30. The normalized spacial score (nSPS) is 10.3. The van der Waals surface area contributed by atoms with Gasteiger partial charge >= 0.3 is 0 Å². The van der Waals surface area contributed by atoms with Gasteiger partial charge in [0.15, 0.2) is 6.54 Å².